The summed E-state index contributed by atoms with van der Waals surface area (Å²) in [5.74, 6) is 0. The van der Waals surface area contributed by atoms with Crippen molar-refractivity contribution in [2.45, 2.75) is 126 Å². The Morgan fingerprint density at radius 1 is 0.344 bits per heavy atom. The van der Waals surface area contributed by atoms with E-state index in [-0.39, 0.29) is 10.8 Å². The summed E-state index contributed by atoms with van der Waals surface area (Å²) in [6.45, 7) is 32.8. The summed E-state index contributed by atoms with van der Waals surface area (Å²) in [6, 6.07) is 21.0. The highest BCUT2D eigenvalue weighted by Gasteiger charge is 2.48. The van der Waals surface area contributed by atoms with Crippen LogP contribution in [0, 0.1) is 6.92 Å². The first-order chi connectivity index (χ1) is 29.9. The Kier molecular flexibility index (Phi) is 28.6. The summed E-state index contributed by atoms with van der Waals surface area (Å²) in [6.07, 6.45) is 5.91. The van der Waals surface area contributed by atoms with Crippen LogP contribution in [0.2, 0.25) is 0 Å². The molecule has 2 aliphatic carbocycles. The minimum absolute atomic E-state index is 0.265. The second kappa shape index (κ2) is 32.1. The van der Waals surface area contributed by atoms with Gasteiger partial charge in [0.2, 0.25) is 0 Å². The Balaban J connectivity index is 0.00000149. The maximum Gasteiger partial charge on any atom is 0.0700 e. The molecule has 0 N–H and O–H groups in total. The second-order valence-corrected chi connectivity index (χ2v) is 15.4. The lowest BCUT2D eigenvalue weighted by Gasteiger charge is -2.34. The van der Waals surface area contributed by atoms with Gasteiger partial charge in [-0.05, 0) is 117 Å². The van der Waals surface area contributed by atoms with Gasteiger partial charge in [0.1, 0.15) is 0 Å². The molecule has 0 saturated carbocycles. The maximum absolute atomic E-state index is 6.25. The third-order valence-electron chi connectivity index (χ3n) is 10.9. The van der Waals surface area contributed by atoms with Crippen molar-refractivity contribution in [3.8, 4) is 22.3 Å². The molecule has 8 heteroatoms. The van der Waals surface area contributed by atoms with Crippen molar-refractivity contribution in [1.29, 1.82) is 0 Å². The van der Waals surface area contributed by atoms with E-state index in [1.807, 2.05) is 41.5 Å². The first-order valence-corrected chi connectivity index (χ1v) is 23.9. The highest BCUT2D eigenvalue weighted by Crippen LogP contribution is 2.59. The van der Waals surface area contributed by atoms with E-state index in [4.69, 9.17) is 37.9 Å². The fourth-order valence-corrected chi connectivity index (χ4v) is 8.32. The van der Waals surface area contributed by atoms with E-state index < -0.39 is 0 Å². The van der Waals surface area contributed by atoms with Crippen LogP contribution >= 0.6 is 0 Å². The van der Waals surface area contributed by atoms with Gasteiger partial charge in [-0.15, -0.1) is 0 Å². The van der Waals surface area contributed by atoms with Crippen molar-refractivity contribution in [3.05, 3.63) is 82.4 Å². The number of rotatable bonds is 28. The van der Waals surface area contributed by atoms with Crippen LogP contribution in [0.3, 0.4) is 0 Å². The molecule has 2 aliphatic rings. The molecule has 5 rings (SSSR count). The molecule has 346 valence electrons. The van der Waals surface area contributed by atoms with Crippen LogP contribution in [0.15, 0.2) is 54.6 Å². The van der Waals surface area contributed by atoms with Gasteiger partial charge in [-0.3, -0.25) is 0 Å². The van der Waals surface area contributed by atoms with Crippen LogP contribution in [0.1, 0.15) is 136 Å². The molecule has 0 radical (unpaired) electrons. The van der Waals surface area contributed by atoms with Gasteiger partial charge in [0.25, 0.3) is 0 Å². The zero-order valence-corrected chi connectivity index (χ0v) is 40.5. The number of benzene rings is 3. The maximum atomic E-state index is 6.25. The van der Waals surface area contributed by atoms with Crippen LogP contribution in [-0.2, 0) is 48.7 Å². The number of aryl methyl sites for hydroxylation is 1. The average Bonchev–Trinajstić information content (AvgIpc) is 3.69. The smallest absolute Gasteiger partial charge is 0.0700 e. The molecular weight excluding hydrogens is 765 g/mol. The summed E-state index contributed by atoms with van der Waals surface area (Å²) in [5, 5.41) is 0. The number of ether oxygens (including phenoxy) is 8. The predicted octanol–water partition coefficient (Wildman–Crippen LogP) is 12.2. The summed E-state index contributed by atoms with van der Waals surface area (Å²) in [4.78, 5) is 0. The highest BCUT2D eigenvalue weighted by molar-refractivity contribution is 5.90. The lowest BCUT2D eigenvalue weighted by molar-refractivity contribution is 0.0354. The minimum atomic E-state index is -0.270. The first kappa shape index (κ1) is 54.5. The minimum Gasteiger partial charge on any atom is -0.379 e. The van der Waals surface area contributed by atoms with Gasteiger partial charge >= 0.3 is 0 Å². The molecule has 0 amide bonds. The third-order valence-corrected chi connectivity index (χ3v) is 10.9. The topological polar surface area (TPSA) is 73.8 Å². The van der Waals surface area contributed by atoms with Gasteiger partial charge < -0.3 is 37.9 Å². The van der Waals surface area contributed by atoms with Gasteiger partial charge in [-0.1, -0.05) is 102 Å². The van der Waals surface area contributed by atoms with Gasteiger partial charge in [0.05, 0.1) is 52.9 Å². The van der Waals surface area contributed by atoms with Crippen LogP contribution in [-0.4, -0.2) is 106 Å². The second-order valence-electron chi connectivity index (χ2n) is 15.4. The van der Waals surface area contributed by atoms with Crippen LogP contribution < -0.4 is 0 Å². The van der Waals surface area contributed by atoms with Gasteiger partial charge in [0, 0.05) is 63.7 Å². The highest BCUT2D eigenvalue weighted by atomic mass is 16.5. The first-order valence-electron chi connectivity index (χ1n) is 23.9. The van der Waals surface area contributed by atoms with E-state index >= 15 is 0 Å². The van der Waals surface area contributed by atoms with E-state index in [1.165, 1.54) is 62.9 Å². The van der Waals surface area contributed by atoms with Crippen LogP contribution in [0.5, 0.6) is 0 Å². The summed E-state index contributed by atoms with van der Waals surface area (Å²) in [5.41, 5.74) is 11.4. The quantitative estimate of drug-likeness (QED) is 0.0669. The molecule has 0 spiro atoms. The Bertz CT molecular complexity index is 1540. The van der Waals surface area contributed by atoms with Crippen molar-refractivity contribution in [1.82, 2.24) is 0 Å². The summed E-state index contributed by atoms with van der Waals surface area (Å²) in [7, 11) is 0. The Morgan fingerprint density at radius 3 is 1.03 bits per heavy atom. The molecule has 0 heterocycles. The fourth-order valence-electron chi connectivity index (χ4n) is 8.32. The molecule has 0 saturated heterocycles. The molecule has 0 fully saturated rings. The van der Waals surface area contributed by atoms with E-state index in [2.05, 4.69) is 89.2 Å². The molecule has 0 aromatic heterocycles. The SMILES string of the molecule is CC.CCC.CCC.CCOCCOCCC1(CCOCCOCC)c2ccccc2-c2cc3c(cc21)-c1ccc(C)cc1C3(CCOCCOCC)CCOCCOCC. The number of hydrogen-bond donors (Lipinski definition) is 0. The third kappa shape index (κ3) is 15.8. The molecule has 0 unspecified atom stereocenters. The number of hydrogen-bond acceptors (Lipinski definition) is 8. The molecular formula is C53H86O8. The summed E-state index contributed by atoms with van der Waals surface area (Å²) >= 11 is 0. The van der Waals surface area contributed by atoms with E-state index in [0.29, 0.717) is 106 Å². The standard InChI is InChI=1S/C45H64O8.2C3H8.C2H6/c1-6-46-24-28-50-20-16-44(17-21-51-29-25-47-7-2)40-13-11-10-12-36(40)38-33-43-39(34-42(38)44)37-15-14-35(5)32-41(37)45(43,18-22-52-30-26-48-8-3)19-23-53-31-27-49-9-4;2*1-3-2;1-2/h10-15,32-34H,6-9,16-31H2,1-5H3;2*3H2,1-2H3;1-2H3. The summed E-state index contributed by atoms with van der Waals surface area (Å²) < 4.78 is 47.3. The Hall–Kier alpha value is -2.66. The van der Waals surface area contributed by atoms with Crippen molar-refractivity contribution < 1.29 is 37.9 Å². The Labute approximate surface area is 372 Å². The molecule has 0 aliphatic heterocycles. The van der Waals surface area contributed by atoms with E-state index in [0.717, 1.165) is 25.7 Å². The van der Waals surface area contributed by atoms with E-state index in [9.17, 15) is 0 Å². The fraction of sp³-hybridized carbons (Fsp3) is 0.660. The number of fused-ring (bicyclic) bond motifs is 6. The zero-order chi connectivity index (χ0) is 44.8. The van der Waals surface area contributed by atoms with E-state index in [1.54, 1.807) is 0 Å². The predicted molar refractivity (Wildman–Crippen MR) is 255 cm³/mol. The molecule has 8 nitrogen and oxygen atoms in total. The van der Waals surface area contributed by atoms with Crippen molar-refractivity contribution in [3.63, 3.8) is 0 Å². The van der Waals surface area contributed by atoms with Crippen LogP contribution in [0.25, 0.3) is 22.3 Å². The molecule has 0 bridgehead atoms. The van der Waals surface area contributed by atoms with Gasteiger partial charge in [-0.25, -0.2) is 0 Å². The lowest BCUT2D eigenvalue weighted by atomic mass is 9.70. The van der Waals surface area contributed by atoms with Crippen molar-refractivity contribution >= 4 is 0 Å². The van der Waals surface area contributed by atoms with Gasteiger partial charge in [-0.2, -0.15) is 0 Å². The molecule has 3 aromatic rings. The van der Waals surface area contributed by atoms with Crippen molar-refractivity contribution in [2.24, 2.45) is 0 Å². The monoisotopic (exact) mass is 851 g/mol. The Morgan fingerprint density at radius 2 is 0.656 bits per heavy atom. The lowest BCUT2D eigenvalue weighted by Crippen LogP contribution is -2.31. The van der Waals surface area contributed by atoms with Crippen LogP contribution in [0.4, 0.5) is 0 Å². The molecule has 61 heavy (non-hydrogen) atoms. The van der Waals surface area contributed by atoms with Gasteiger partial charge in [0.15, 0.2) is 0 Å². The molecule has 0 atom stereocenters. The van der Waals surface area contributed by atoms with Crippen molar-refractivity contribution in [2.75, 3.05) is 106 Å². The molecule has 3 aromatic carbocycles. The normalized spacial score (nSPS) is 13.4. The average molecular weight is 851 g/mol. The zero-order valence-electron chi connectivity index (χ0n) is 40.5. The largest absolute Gasteiger partial charge is 0.379 e.